The fourth-order valence-electron chi connectivity index (χ4n) is 1.98. The topological polar surface area (TPSA) is 62.1 Å². The van der Waals surface area contributed by atoms with Gasteiger partial charge in [0.2, 0.25) is 5.91 Å². The van der Waals surface area contributed by atoms with Gasteiger partial charge in [0, 0.05) is 18.5 Å². The average Bonchev–Trinajstić information content (AvgIpc) is 2.40. The third-order valence-corrected chi connectivity index (χ3v) is 2.95. The molecule has 102 valence electrons. The molecule has 1 atom stereocenters. The van der Waals surface area contributed by atoms with E-state index in [0.29, 0.717) is 25.1 Å². The molecular weight excluding hydrogens is 240 g/mol. The quantitative estimate of drug-likeness (QED) is 0.855. The Balaban J connectivity index is 2.83. The summed E-state index contributed by atoms with van der Waals surface area (Å²) in [5.74, 6) is 0.361. The summed E-state index contributed by atoms with van der Waals surface area (Å²) in [5, 5.41) is 12.0. The van der Waals surface area contributed by atoms with Crippen molar-refractivity contribution >= 4 is 5.91 Å². The molecule has 1 aromatic carbocycles. The Morgan fingerprint density at radius 3 is 2.84 bits per heavy atom. The molecule has 1 amide bonds. The lowest BCUT2D eigenvalue weighted by Crippen LogP contribution is -2.22. The van der Waals surface area contributed by atoms with Crippen molar-refractivity contribution in [3.63, 3.8) is 0 Å². The molecular formula is C15H20N2O2. The number of ether oxygens (including phenoxy) is 1. The highest BCUT2D eigenvalue weighted by Crippen LogP contribution is 2.30. The molecule has 0 saturated carbocycles. The number of carbonyl (C=O) groups excluding carboxylic acids is 1. The van der Waals surface area contributed by atoms with Gasteiger partial charge in [0.1, 0.15) is 5.75 Å². The van der Waals surface area contributed by atoms with Crippen LogP contribution >= 0.6 is 0 Å². The van der Waals surface area contributed by atoms with Gasteiger partial charge < -0.3 is 10.1 Å². The van der Waals surface area contributed by atoms with Gasteiger partial charge >= 0.3 is 0 Å². The average molecular weight is 260 g/mol. The zero-order valence-corrected chi connectivity index (χ0v) is 11.7. The van der Waals surface area contributed by atoms with E-state index in [4.69, 9.17) is 4.74 Å². The predicted molar refractivity (Wildman–Crippen MR) is 74.0 cm³/mol. The summed E-state index contributed by atoms with van der Waals surface area (Å²) in [6.07, 6.45) is 0.852. The Labute approximate surface area is 114 Å². The number of rotatable bonds is 6. The minimum absolute atomic E-state index is 0.0191. The van der Waals surface area contributed by atoms with Crippen molar-refractivity contribution in [3.05, 3.63) is 29.3 Å². The lowest BCUT2D eigenvalue weighted by Gasteiger charge is -2.14. The number of benzene rings is 1. The van der Waals surface area contributed by atoms with Gasteiger partial charge in [0.25, 0.3) is 0 Å². The third kappa shape index (κ3) is 4.29. The van der Waals surface area contributed by atoms with E-state index in [1.165, 1.54) is 0 Å². The van der Waals surface area contributed by atoms with Gasteiger partial charge in [0.05, 0.1) is 19.1 Å². The molecule has 0 aliphatic heterocycles. The molecule has 0 fully saturated rings. The van der Waals surface area contributed by atoms with Crippen molar-refractivity contribution < 1.29 is 9.53 Å². The zero-order chi connectivity index (χ0) is 14.3. The second-order valence-corrected chi connectivity index (χ2v) is 4.42. The normalized spacial score (nSPS) is 11.5. The van der Waals surface area contributed by atoms with Crippen LogP contribution in [0, 0.1) is 18.3 Å². The Hall–Kier alpha value is -2.02. The summed E-state index contributed by atoms with van der Waals surface area (Å²) in [6, 6.07) is 8.01. The van der Waals surface area contributed by atoms with Crippen LogP contribution in [0.25, 0.3) is 0 Å². The maximum absolute atomic E-state index is 11.5. The molecule has 0 aromatic heterocycles. The van der Waals surface area contributed by atoms with E-state index in [0.717, 1.165) is 11.1 Å². The van der Waals surface area contributed by atoms with Crippen LogP contribution in [0.1, 0.15) is 36.8 Å². The van der Waals surface area contributed by atoms with Gasteiger partial charge in [-0.1, -0.05) is 17.7 Å². The second kappa shape index (κ2) is 7.42. The van der Waals surface area contributed by atoms with Crippen molar-refractivity contribution in [2.75, 3.05) is 13.7 Å². The molecule has 0 aliphatic carbocycles. The molecule has 1 unspecified atom stereocenters. The Kier molecular flexibility index (Phi) is 5.87. The van der Waals surface area contributed by atoms with Crippen molar-refractivity contribution in [1.29, 1.82) is 5.26 Å². The first kappa shape index (κ1) is 15.0. The molecule has 0 radical (unpaired) electrons. The van der Waals surface area contributed by atoms with Crippen molar-refractivity contribution in [3.8, 4) is 11.8 Å². The van der Waals surface area contributed by atoms with Gasteiger partial charge in [0.15, 0.2) is 0 Å². The Bertz CT molecular complexity index is 478. The minimum atomic E-state index is -0.322. The molecule has 0 aliphatic rings. The third-order valence-electron chi connectivity index (χ3n) is 2.95. The number of methoxy groups -OCH3 is 1. The smallest absolute Gasteiger partial charge is 0.220 e. The van der Waals surface area contributed by atoms with Crippen LogP contribution in [0.15, 0.2) is 18.2 Å². The molecule has 4 nitrogen and oxygen atoms in total. The zero-order valence-electron chi connectivity index (χ0n) is 11.7. The predicted octanol–water partition coefficient (Wildman–Crippen LogP) is 2.53. The van der Waals surface area contributed by atoms with Gasteiger partial charge in [-0.25, -0.2) is 0 Å². The summed E-state index contributed by atoms with van der Waals surface area (Å²) in [6.45, 7) is 4.47. The number of aryl methyl sites for hydroxylation is 1. The molecule has 1 rings (SSSR count). The number of nitriles is 1. The highest BCUT2D eigenvalue weighted by molar-refractivity contribution is 5.75. The molecule has 0 saturated heterocycles. The second-order valence-electron chi connectivity index (χ2n) is 4.42. The number of amides is 1. The van der Waals surface area contributed by atoms with E-state index >= 15 is 0 Å². The van der Waals surface area contributed by atoms with E-state index in [1.807, 2.05) is 32.0 Å². The van der Waals surface area contributed by atoms with Crippen LogP contribution in [0.2, 0.25) is 0 Å². The number of hydrogen-bond acceptors (Lipinski definition) is 3. The van der Waals surface area contributed by atoms with Gasteiger partial charge in [-0.3, -0.25) is 4.79 Å². The van der Waals surface area contributed by atoms with E-state index in [1.54, 1.807) is 7.11 Å². The Morgan fingerprint density at radius 2 is 2.26 bits per heavy atom. The standard InChI is InChI=1S/C15H20N2O2/c1-4-17-15(18)8-6-12(10-16)13-9-11(2)5-7-14(13)19-3/h5,7,9,12H,4,6,8H2,1-3H3,(H,17,18). The number of carbonyl (C=O) groups is 1. The van der Waals surface area contributed by atoms with E-state index in [2.05, 4.69) is 11.4 Å². The summed E-state index contributed by atoms with van der Waals surface area (Å²) >= 11 is 0. The molecule has 1 aromatic rings. The first-order valence-electron chi connectivity index (χ1n) is 6.43. The maximum atomic E-state index is 11.5. The van der Waals surface area contributed by atoms with Crippen LogP contribution in [0.5, 0.6) is 5.75 Å². The number of hydrogen-bond donors (Lipinski definition) is 1. The first-order valence-corrected chi connectivity index (χ1v) is 6.43. The fraction of sp³-hybridized carbons (Fsp3) is 0.467. The Morgan fingerprint density at radius 1 is 1.53 bits per heavy atom. The molecule has 4 heteroatoms. The van der Waals surface area contributed by atoms with Gasteiger partial charge in [-0.05, 0) is 26.3 Å². The highest BCUT2D eigenvalue weighted by Gasteiger charge is 2.17. The minimum Gasteiger partial charge on any atom is -0.496 e. The first-order chi connectivity index (χ1) is 9.12. The number of nitrogens with zero attached hydrogens (tertiary/aromatic N) is 1. The maximum Gasteiger partial charge on any atom is 0.220 e. The molecule has 0 bridgehead atoms. The largest absolute Gasteiger partial charge is 0.496 e. The van der Waals surface area contributed by atoms with Crippen LogP contribution in [-0.4, -0.2) is 19.6 Å². The van der Waals surface area contributed by atoms with Crippen LogP contribution in [0.3, 0.4) is 0 Å². The number of nitrogens with one attached hydrogen (secondary N) is 1. The summed E-state index contributed by atoms with van der Waals surface area (Å²) in [5.41, 5.74) is 1.93. The highest BCUT2D eigenvalue weighted by atomic mass is 16.5. The molecule has 0 heterocycles. The summed E-state index contributed by atoms with van der Waals surface area (Å²) in [4.78, 5) is 11.5. The molecule has 0 spiro atoms. The molecule has 19 heavy (non-hydrogen) atoms. The summed E-state index contributed by atoms with van der Waals surface area (Å²) in [7, 11) is 1.59. The lowest BCUT2D eigenvalue weighted by atomic mass is 9.93. The lowest BCUT2D eigenvalue weighted by molar-refractivity contribution is -0.121. The molecule has 1 N–H and O–H groups in total. The van der Waals surface area contributed by atoms with Crippen LogP contribution < -0.4 is 10.1 Å². The van der Waals surface area contributed by atoms with Crippen LogP contribution in [-0.2, 0) is 4.79 Å². The fourth-order valence-corrected chi connectivity index (χ4v) is 1.98. The van der Waals surface area contributed by atoms with Gasteiger partial charge in [-0.2, -0.15) is 5.26 Å². The monoisotopic (exact) mass is 260 g/mol. The SMILES string of the molecule is CCNC(=O)CCC(C#N)c1cc(C)ccc1OC. The van der Waals surface area contributed by atoms with E-state index < -0.39 is 0 Å². The van der Waals surface area contributed by atoms with Crippen molar-refractivity contribution in [2.45, 2.75) is 32.6 Å². The summed E-state index contributed by atoms with van der Waals surface area (Å²) < 4.78 is 5.29. The van der Waals surface area contributed by atoms with Crippen LogP contribution in [0.4, 0.5) is 0 Å². The van der Waals surface area contributed by atoms with Crippen molar-refractivity contribution in [2.24, 2.45) is 0 Å². The van der Waals surface area contributed by atoms with E-state index in [-0.39, 0.29) is 11.8 Å². The van der Waals surface area contributed by atoms with E-state index in [9.17, 15) is 10.1 Å². The van der Waals surface area contributed by atoms with Gasteiger partial charge in [-0.15, -0.1) is 0 Å². The van der Waals surface area contributed by atoms with Crippen molar-refractivity contribution in [1.82, 2.24) is 5.32 Å².